The highest BCUT2D eigenvalue weighted by Gasteiger charge is 2.45. The topological polar surface area (TPSA) is 181 Å². The number of nitrogens with one attached hydrogen (secondary N) is 1. The Bertz CT molecular complexity index is 1090. The summed E-state index contributed by atoms with van der Waals surface area (Å²) in [5.74, 6) is -1.56. The lowest BCUT2D eigenvalue weighted by molar-refractivity contribution is -0.149. The van der Waals surface area contributed by atoms with E-state index in [1.807, 2.05) is 0 Å². The molecule has 0 aliphatic heterocycles. The van der Waals surface area contributed by atoms with E-state index in [-0.39, 0.29) is 11.9 Å². The maximum Gasteiger partial charge on any atom is 0.332 e. The highest BCUT2D eigenvalue weighted by Crippen LogP contribution is 2.47. The predicted molar refractivity (Wildman–Crippen MR) is 127 cm³/mol. The molecule has 1 unspecified atom stereocenters. The van der Waals surface area contributed by atoms with Crippen molar-refractivity contribution in [1.82, 2.24) is 24.6 Å². The number of nitrogens with zero attached hydrogens (tertiary/aromatic N) is 4. The SMILES string of the molecule is CC(C)OC(=O)COP(=O)(CO[C@H](C)Cn1cnc2c(N)ncnc21)NC1(C(=O)O)CCCCC1. The standard InChI is InChI=1S/C21H33N6O7P/c1-14(2)34-16(28)10-33-35(31,26-21(20(29)30)7-5-4-6-8-21)13-32-15(3)9-27-12-25-17-18(22)23-11-24-19(17)27/h11-12,14-15H,4-10,13H2,1-3H3,(H,26,31)(H,29,30)(H2,22,23,24)/t15-,35?/m1/s1. The second kappa shape index (κ2) is 11.4. The van der Waals surface area contributed by atoms with E-state index in [1.165, 1.54) is 6.33 Å². The van der Waals surface area contributed by atoms with Gasteiger partial charge in [-0.2, -0.15) is 0 Å². The van der Waals surface area contributed by atoms with Gasteiger partial charge < -0.3 is 29.4 Å². The fourth-order valence-electron chi connectivity index (χ4n) is 4.00. The first-order valence-electron chi connectivity index (χ1n) is 11.5. The molecule has 1 saturated carbocycles. The monoisotopic (exact) mass is 512 g/mol. The van der Waals surface area contributed by atoms with Gasteiger partial charge in [0, 0.05) is 0 Å². The zero-order valence-electron chi connectivity index (χ0n) is 20.2. The highest BCUT2D eigenvalue weighted by molar-refractivity contribution is 7.56. The third-order valence-corrected chi connectivity index (χ3v) is 7.48. The Labute approximate surface area is 203 Å². The minimum atomic E-state index is -3.93. The van der Waals surface area contributed by atoms with E-state index in [9.17, 15) is 19.3 Å². The number of ether oxygens (including phenoxy) is 2. The van der Waals surface area contributed by atoms with Crippen molar-refractivity contribution in [2.24, 2.45) is 0 Å². The lowest BCUT2D eigenvalue weighted by atomic mass is 9.83. The Morgan fingerprint density at radius 1 is 1.23 bits per heavy atom. The maximum absolute atomic E-state index is 13.8. The summed E-state index contributed by atoms with van der Waals surface area (Å²) in [5, 5.41) is 12.7. The zero-order chi connectivity index (χ0) is 25.6. The fraction of sp³-hybridized carbons (Fsp3) is 0.667. The predicted octanol–water partition coefficient (Wildman–Crippen LogP) is 2.31. The molecular formula is C21H33N6O7P. The van der Waals surface area contributed by atoms with Gasteiger partial charge in [0.05, 0.1) is 25.1 Å². The average molecular weight is 513 g/mol. The quantitative estimate of drug-likeness (QED) is 0.279. The molecule has 194 valence electrons. The van der Waals surface area contributed by atoms with Crippen LogP contribution in [0.1, 0.15) is 52.9 Å². The van der Waals surface area contributed by atoms with E-state index in [2.05, 4.69) is 20.0 Å². The van der Waals surface area contributed by atoms with Crippen LogP contribution in [0.5, 0.6) is 0 Å². The summed E-state index contributed by atoms with van der Waals surface area (Å²) in [6, 6.07) is 0. The molecule has 13 nitrogen and oxygen atoms in total. The van der Waals surface area contributed by atoms with E-state index in [0.717, 1.165) is 6.42 Å². The smallest absolute Gasteiger partial charge is 0.332 e. The van der Waals surface area contributed by atoms with Gasteiger partial charge in [0.1, 0.15) is 23.7 Å². The molecular weight excluding hydrogens is 479 g/mol. The third kappa shape index (κ3) is 6.97. The highest BCUT2D eigenvalue weighted by atomic mass is 31.2. The molecule has 2 heterocycles. The molecule has 1 aliphatic carbocycles. The van der Waals surface area contributed by atoms with E-state index in [1.54, 1.807) is 31.7 Å². The molecule has 0 radical (unpaired) electrons. The van der Waals surface area contributed by atoms with Crippen molar-refractivity contribution in [2.45, 2.75) is 77.2 Å². The number of aliphatic carboxylic acids is 1. The van der Waals surface area contributed by atoms with Gasteiger partial charge in [-0.3, -0.25) is 9.36 Å². The van der Waals surface area contributed by atoms with Crippen LogP contribution in [0.25, 0.3) is 11.2 Å². The first-order valence-corrected chi connectivity index (χ1v) is 13.3. The number of carbonyl (C=O) groups excluding carboxylic acids is 1. The minimum Gasteiger partial charge on any atom is -0.480 e. The number of imidazole rings is 1. The van der Waals surface area contributed by atoms with Crippen molar-refractivity contribution in [1.29, 1.82) is 0 Å². The van der Waals surface area contributed by atoms with Crippen LogP contribution in [-0.2, 0) is 34.7 Å². The van der Waals surface area contributed by atoms with E-state index in [4.69, 9.17) is 19.7 Å². The molecule has 1 fully saturated rings. The number of carbonyl (C=O) groups is 2. The summed E-state index contributed by atoms with van der Waals surface area (Å²) >= 11 is 0. The number of anilines is 1. The molecule has 35 heavy (non-hydrogen) atoms. The molecule has 0 aromatic carbocycles. The Hall–Kier alpha value is -2.60. The fourth-order valence-corrected chi connectivity index (χ4v) is 5.94. The number of hydrogen-bond acceptors (Lipinski definition) is 10. The Morgan fingerprint density at radius 2 is 1.94 bits per heavy atom. The van der Waals surface area contributed by atoms with Crippen LogP contribution in [0.4, 0.5) is 5.82 Å². The first-order chi connectivity index (χ1) is 16.5. The van der Waals surface area contributed by atoms with Gasteiger partial charge in [0.15, 0.2) is 18.1 Å². The number of rotatable bonds is 12. The van der Waals surface area contributed by atoms with Crippen LogP contribution in [0.3, 0.4) is 0 Å². The van der Waals surface area contributed by atoms with Crippen molar-refractivity contribution in [3.8, 4) is 0 Å². The van der Waals surface area contributed by atoms with Crippen molar-refractivity contribution in [3.05, 3.63) is 12.7 Å². The normalized spacial score (nSPS) is 18.3. The first kappa shape index (κ1) is 27.0. The van der Waals surface area contributed by atoms with Crippen molar-refractivity contribution < 1.29 is 33.3 Å². The minimum absolute atomic E-state index is 0.254. The van der Waals surface area contributed by atoms with Crippen molar-refractivity contribution >= 4 is 36.4 Å². The van der Waals surface area contributed by atoms with Gasteiger partial charge in [-0.05, 0) is 33.6 Å². The maximum atomic E-state index is 13.8. The molecule has 2 atom stereocenters. The number of fused-ring (bicyclic) bond motifs is 1. The summed E-state index contributed by atoms with van der Waals surface area (Å²) in [4.78, 5) is 36.5. The average Bonchev–Trinajstić information content (AvgIpc) is 3.21. The molecule has 3 rings (SSSR count). The van der Waals surface area contributed by atoms with Gasteiger partial charge in [-0.25, -0.2) is 24.8 Å². The van der Waals surface area contributed by atoms with Crippen molar-refractivity contribution in [2.75, 3.05) is 18.7 Å². The van der Waals surface area contributed by atoms with Crippen molar-refractivity contribution in [3.63, 3.8) is 0 Å². The van der Waals surface area contributed by atoms with E-state index >= 15 is 0 Å². The van der Waals surface area contributed by atoms with Crippen LogP contribution in [0, 0.1) is 0 Å². The Kier molecular flexibility index (Phi) is 8.81. The molecule has 0 spiro atoms. The number of nitrogens with two attached hydrogens (primary N) is 1. The Morgan fingerprint density at radius 3 is 2.60 bits per heavy atom. The molecule has 1 aliphatic rings. The van der Waals surface area contributed by atoms with E-state index in [0.29, 0.717) is 43.4 Å². The molecule has 2 aromatic heterocycles. The summed E-state index contributed by atoms with van der Waals surface area (Å²) in [5.41, 5.74) is 5.38. The number of carboxylic acid groups (broad SMARTS) is 1. The largest absolute Gasteiger partial charge is 0.480 e. The number of carboxylic acids is 1. The zero-order valence-corrected chi connectivity index (χ0v) is 21.1. The molecule has 0 amide bonds. The number of esters is 1. The van der Waals surface area contributed by atoms with Crippen LogP contribution in [0.15, 0.2) is 12.7 Å². The number of hydrogen-bond donors (Lipinski definition) is 3. The molecule has 4 N–H and O–H groups in total. The number of nitrogen functional groups attached to an aromatic ring is 1. The molecule has 14 heteroatoms. The molecule has 2 aromatic rings. The second-order valence-corrected chi connectivity index (χ2v) is 11.1. The van der Waals surface area contributed by atoms with Crippen LogP contribution in [-0.4, -0.2) is 67.3 Å². The summed E-state index contributed by atoms with van der Waals surface area (Å²) < 4.78 is 31.8. The summed E-state index contributed by atoms with van der Waals surface area (Å²) in [6.07, 6.45) is 4.40. The van der Waals surface area contributed by atoms with Crippen LogP contribution >= 0.6 is 7.52 Å². The second-order valence-electron chi connectivity index (χ2n) is 8.98. The lowest BCUT2D eigenvalue weighted by Gasteiger charge is -2.37. The van der Waals surface area contributed by atoms with Gasteiger partial charge in [0.2, 0.25) is 0 Å². The van der Waals surface area contributed by atoms with Gasteiger partial charge in [-0.1, -0.05) is 19.3 Å². The van der Waals surface area contributed by atoms with Crippen LogP contribution < -0.4 is 10.8 Å². The summed E-state index contributed by atoms with van der Waals surface area (Å²) in [7, 11) is -3.93. The van der Waals surface area contributed by atoms with Crippen LogP contribution in [0.2, 0.25) is 0 Å². The van der Waals surface area contributed by atoms with Gasteiger partial charge in [0.25, 0.3) is 7.52 Å². The summed E-state index contributed by atoms with van der Waals surface area (Å²) in [6.45, 7) is 4.81. The Balaban J connectivity index is 1.72. The molecule has 0 bridgehead atoms. The lowest BCUT2D eigenvalue weighted by Crippen LogP contribution is -2.52. The van der Waals surface area contributed by atoms with Gasteiger partial charge >= 0.3 is 11.9 Å². The molecule has 0 saturated heterocycles. The third-order valence-electron chi connectivity index (χ3n) is 5.67. The van der Waals surface area contributed by atoms with Gasteiger partial charge in [-0.15, -0.1) is 0 Å². The van der Waals surface area contributed by atoms with E-state index < -0.39 is 44.1 Å². The number of aromatic nitrogens is 4.